The summed E-state index contributed by atoms with van der Waals surface area (Å²) in [6, 6.07) is 18.5. The number of aromatic nitrogens is 2. The van der Waals surface area contributed by atoms with Crippen LogP contribution in [0.3, 0.4) is 0 Å². The molecule has 130 valence electrons. The van der Waals surface area contributed by atoms with Gasteiger partial charge in [0.15, 0.2) is 9.84 Å². The number of hydrogen-bond acceptors (Lipinski definition) is 4. The van der Waals surface area contributed by atoms with Gasteiger partial charge in [-0.2, -0.15) is 0 Å². The molecule has 1 N–H and O–H groups in total. The number of nitrogens with one attached hydrogen (secondary N) is 1. The summed E-state index contributed by atoms with van der Waals surface area (Å²) in [7, 11) is -3.23. The Morgan fingerprint density at radius 2 is 1.62 bits per heavy atom. The van der Waals surface area contributed by atoms with Crippen LogP contribution in [0.25, 0.3) is 33.9 Å². The Balaban J connectivity index is 1.87. The number of hydrogen-bond donors (Lipinski definition) is 1. The minimum absolute atomic E-state index is 0.289. The second kappa shape index (κ2) is 6.31. The lowest BCUT2D eigenvalue weighted by Crippen LogP contribution is -1.96. The summed E-state index contributed by atoms with van der Waals surface area (Å²) in [6.45, 7) is 0. The lowest BCUT2D eigenvalue weighted by Gasteiger charge is -2.04. The average Bonchev–Trinajstić information content (AvgIpc) is 3.31. The molecule has 0 atom stereocenters. The maximum absolute atomic E-state index is 11.7. The fraction of sp³-hybridized carbons (Fsp3) is 0.0500. The van der Waals surface area contributed by atoms with Gasteiger partial charge in [-0.15, -0.1) is 0 Å². The zero-order valence-corrected chi connectivity index (χ0v) is 14.8. The van der Waals surface area contributed by atoms with E-state index in [0.717, 1.165) is 28.1 Å². The number of aromatic amines is 1. The maximum atomic E-state index is 11.7. The molecule has 0 saturated heterocycles. The molecule has 0 radical (unpaired) electrons. The third kappa shape index (κ3) is 3.07. The van der Waals surface area contributed by atoms with Gasteiger partial charge in [-0.25, -0.2) is 13.4 Å². The van der Waals surface area contributed by atoms with Gasteiger partial charge >= 0.3 is 0 Å². The molecule has 0 unspecified atom stereocenters. The third-order valence-electron chi connectivity index (χ3n) is 4.12. The minimum Gasteiger partial charge on any atom is -0.472 e. The van der Waals surface area contributed by atoms with Crippen molar-refractivity contribution >= 4 is 9.84 Å². The van der Waals surface area contributed by atoms with Gasteiger partial charge in [-0.05, 0) is 18.2 Å². The number of rotatable bonds is 4. The normalized spacial score (nSPS) is 11.6. The Labute approximate surface area is 151 Å². The van der Waals surface area contributed by atoms with Crippen LogP contribution in [0.5, 0.6) is 0 Å². The van der Waals surface area contributed by atoms with E-state index in [4.69, 9.17) is 9.40 Å². The largest absolute Gasteiger partial charge is 0.472 e. The van der Waals surface area contributed by atoms with Crippen LogP contribution in [0.15, 0.2) is 82.5 Å². The van der Waals surface area contributed by atoms with Crippen LogP contribution < -0.4 is 0 Å². The molecule has 0 aliphatic carbocycles. The van der Waals surface area contributed by atoms with Gasteiger partial charge in [0.2, 0.25) is 0 Å². The molecule has 0 saturated carbocycles. The lowest BCUT2D eigenvalue weighted by atomic mass is 10.1. The molecular weight excluding hydrogens is 348 g/mol. The second-order valence-electron chi connectivity index (χ2n) is 5.98. The van der Waals surface area contributed by atoms with E-state index in [0.29, 0.717) is 5.82 Å². The van der Waals surface area contributed by atoms with Crippen LogP contribution in [0.4, 0.5) is 0 Å². The second-order valence-corrected chi connectivity index (χ2v) is 8.00. The lowest BCUT2D eigenvalue weighted by molar-refractivity contribution is 0.568. The highest BCUT2D eigenvalue weighted by Gasteiger charge is 2.16. The van der Waals surface area contributed by atoms with Crippen molar-refractivity contribution in [3.8, 4) is 33.9 Å². The molecule has 0 amide bonds. The van der Waals surface area contributed by atoms with Crippen molar-refractivity contribution in [1.29, 1.82) is 0 Å². The van der Waals surface area contributed by atoms with Crippen LogP contribution in [-0.4, -0.2) is 24.6 Å². The summed E-state index contributed by atoms with van der Waals surface area (Å²) >= 11 is 0. The van der Waals surface area contributed by atoms with Gasteiger partial charge in [0.05, 0.1) is 28.1 Å². The molecule has 0 aliphatic heterocycles. The van der Waals surface area contributed by atoms with E-state index in [1.165, 1.54) is 6.26 Å². The maximum Gasteiger partial charge on any atom is 0.175 e. The zero-order chi connectivity index (χ0) is 18.1. The van der Waals surface area contributed by atoms with Crippen molar-refractivity contribution in [1.82, 2.24) is 9.97 Å². The van der Waals surface area contributed by atoms with Gasteiger partial charge in [0.25, 0.3) is 0 Å². The summed E-state index contributed by atoms with van der Waals surface area (Å²) in [5.41, 5.74) is 4.31. The number of sulfone groups is 1. The summed E-state index contributed by atoms with van der Waals surface area (Å²) < 4.78 is 28.6. The molecule has 0 bridgehead atoms. The Morgan fingerprint density at radius 3 is 2.23 bits per heavy atom. The molecule has 0 aliphatic rings. The highest BCUT2D eigenvalue weighted by Crippen LogP contribution is 2.33. The number of nitrogens with zero attached hydrogens (tertiary/aromatic N) is 1. The average molecular weight is 364 g/mol. The van der Waals surface area contributed by atoms with Gasteiger partial charge < -0.3 is 9.40 Å². The molecule has 0 spiro atoms. The van der Waals surface area contributed by atoms with E-state index in [1.54, 1.807) is 36.8 Å². The van der Waals surface area contributed by atoms with E-state index in [-0.39, 0.29) is 4.90 Å². The number of furan rings is 1. The van der Waals surface area contributed by atoms with Crippen LogP contribution in [-0.2, 0) is 9.84 Å². The molecule has 4 aromatic rings. The van der Waals surface area contributed by atoms with Crippen LogP contribution in [0.1, 0.15) is 0 Å². The smallest absolute Gasteiger partial charge is 0.175 e. The first-order valence-electron chi connectivity index (χ1n) is 8.01. The fourth-order valence-corrected chi connectivity index (χ4v) is 3.42. The molecule has 5 nitrogen and oxygen atoms in total. The van der Waals surface area contributed by atoms with Crippen LogP contribution in [0, 0.1) is 0 Å². The standard InChI is InChI=1S/C20H16N2O3S/c1-26(23,24)17-9-7-15(8-10-17)19-18(14-5-3-2-4-6-14)21-20(22-19)16-11-12-25-13-16/h2-13H,1H3,(H,21,22). The van der Waals surface area contributed by atoms with E-state index < -0.39 is 9.84 Å². The van der Waals surface area contributed by atoms with Crippen molar-refractivity contribution in [2.24, 2.45) is 0 Å². The van der Waals surface area contributed by atoms with Crippen molar-refractivity contribution < 1.29 is 12.8 Å². The van der Waals surface area contributed by atoms with Crippen LogP contribution >= 0.6 is 0 Å². The quantitative estimate of drug-likeness (QED) is 0.582. The van der Waals surface area contributed by atoms with Crippen molar-refractivity contribution in [2.45, 2.75) is 4.90 Å². The zero-order valence-electron chi connectivity index (χ0n) is 14.0. The van der Waals surface area contributed by atoms with Gasteiger partial charge in [-0.3, -0.25) is 0 Å². The summed E-state index contributed by atoms with van der Waals surface area (Å²) in [4.78, 5) is 8.36. The van der Waals surface area contributed by atoms with E-state index in [2.05, 4.69) is 4.98 Å². The van der Waals surface area contributed by atoms with Gasteiger partial charge in [0, 0.05) is 17.4 Å². The van der Waals surface area contributed by atoms with E-state index >= 15 is 0 Å². The van der Waals surface area contributed by atoms with Crippen molar-refractivity contribution in [3.05, 3.63) is 73.2 Å². The van der Waals surface area contributed by atoms with E-state index in [9.17, 15) is 8.42 Å². The Kier molecular flexibility index (Phi) is 3.97. The number of imidazole rings is 1. The minimum atomic E-state index is -3.23. The number of H-pyrrole nitrogens is 1. The first kappa shape index (κ1) is 16.4. The molecular formula is C20H16N2O3S. The molecule has 4 rings (SSSR count). The first-order chi connectivity index (χ1) is 12.5. The molecule has 2 heterocycles. The van der Waals surface area contributed by atoms with E-state index in [1.807, 2.05) is 36.4 Å². The molecule has 2 aromatic heterocycles. The highest BCUT2D eigenvalue weighted by molar-refractivity contribution is 7.90. The van der Waals surface area contributed by atoms with Crippen molar-refractivity contribution in [2.75, 3.05) is 6.26 Å². The number of benzene rings is 2. The van der Waals surface area contributed by atoms with Gasteiger partial charge in [-0.1, -0.05) is 42.5 Å². The summed E-state index contributed by atoms with van der Waals surface area (Å²) in [5, 5.41) is 0. The SMILES string of the molecule is CS(=O)(=O)c1ccc(-c2[nH]c(-c3ccoc3)nc2-c2ccccc2)cc1. The van der Waals surface area contributed by atoms with Crippen molar-refractivity contribution in [3.63, 3.8) is 0 Å². The monoisotopic (exact) mass is 364 g/mol. The predicted molar refractivity (Wildman–Crippen MR) is 100 cm³/mol. The Morgan fingerprint density at radius 1 is 0.885 bits per heavy atom. The van der Waals surface area contributed by atoms with Crippen LogP contribution in [0.2, 0.25) is 0 Å². The third-order valence-corrected chi connectivity index (χ3v) is 5.25. The Bertz CT molecular complexity index is 1130. The highest BCUT2D eigenvalue weighted by atomic mass is 32.2. The van der Waals surface area contributed by atoms with Gasteiger partial charge in [0.1, 0.15) is 12.1 Å². The summed E-state index contributed by atoms with van der Waals surface area (Å²) in [5.74, 6) is 0.694. The molecule has 2 aromatic carbocycles. The summed E-state index contributed by atoms with van der Waals surface area (Å²) in [6.07, 6.45) is 4.43. The Hall–Kier alpha value is -3.12. The molecule has 26 heavy (non-hydrogen) atoms. The molecule has 6 heteroatoms. The molecule has 0 fully saturated rings. The first-order valence-corrected chi connectivity index (χ1v) is 9.90. The topological polar surface area (TPSA) is 76.0 Å². The predicted octanol–water partition coefficient (Wildman–Crippen LogP) is 4.41. The fourth-order valence-electron chi connectivity index (χ4n) is 2.79.